The normalized spacial score (nSPS) is 10.3. The number of halogens is 2. The van der Waals surface area contributed by atoms with Crippen LogP contribution in [0, 0.1) is 0 Å². The monoisotopic (exact) mass is 303 g/mol. The molecule has 0 amide bonds. The third-order valence-electron chi connectivity index (χ3n) is 2.61. The van der Waals surface area contributed by atoms with E-state index in [1.165, 1.54) is 0 Å². The van der Waals surface area contributed by atoms with Crippen LogP contribution < -0.4 is 5.32 Å². The lowest BCUT2D eigenvalue weighted by atomic mass is 10.2. The van der Waals surface area contributed by atoms with Gasteiger partial charge in [0.15, 0.2) is 0 Å². The van der Waals surface area contributed by atoms with E-state index < -0.39 is 0 Å². The molecule has 0 spiro atoms. The number of esters is 1. The Kier molecular flexibility index (Phi) is 7.68. The van der Waals surface area contributed by atoms with E-state index in [1.807, 2.05) is 13.0 Å². The van der Waals surface area contributed by atoms with Crippen molar-refractivity contribution in [2.45, 2.75) is 32.6 Å². The third kappa shape index (κ3) is 6.69. The molecule has 0 aliphatic heterocycles. The minimum atomic E-state index is -0.115. The fourth-order valence-corrected chi connectivity index (χ4v) is 2.14. The largest absolute Gasteiger partial charge is 0.466 e. The molecule has 106 valence electrons. The summed E-state index contributed by atoms with van der Waals surface area (Å²) in [6, 6.07) is 5.38. The van der Waals surface area contributed by atoms with Gasteiger partial charge in [0.05, 0.1) is 17.3 Å². The van der Waals surface area contributed by atoms with Gasteiger partial charge in [-0.1, -0.05) is 29.6 Å². The molecular weight excluding hydrogens is 285 g/mol. The van der Waals surface area contributed by atoms with Crippen LogP contribution in [0.2, 0.25) is 10.0 Å². The number of hydrogen-bond acceptors (Lipinski definition) is 3. The van der Waals surface area contributed by atoms with Crippen molar-refractivity contribution in [3.63, 3.8) is 0 Å². The molecule has 5 heteroatoms. The Morgan fingerprint density at radius 3 is 2.74 bits per heavy atom. The van der Waals surface area contributed by atoms with Crippen LogP contribution in [-0.4, -0.2) is 19.1 Å². The second-order valence-electron chi connectivity index (χ2n) is 4.17. The number of anilines is 1. The predicted octanol–water partition coefficient (Wildman–Crippen LogP) is 4.53. The van der Waals surface area contributed by atoms with Gasteiger partial charge in [-0.2, -0.15) is 0 Å². The molecule has 0 saturated carbocycles. The molecule has 0 aliphatic carbocycles. The van der Waals surface area contributed by atoms with E-state index in [4.69, 9.17) is 27.9 Å². The molecule has 0 aliphatic rings. The van der Waals surface area contributed by atoms with Crippen molar-refractivity contribution in [3.8, 4) is 0 Å². The van der Waals surface area contributed by atoms with Crippen molar-refractivity contribution in [2.24, 2.45) is 0 Å². The second kappa shape index (κ2) is 9.05. The smallest absolute Gasteiger partial charge is 0.305 e. The van der Waals surface area contributed by atoms with Gasteiger partial charge in [0, 0.05) is 18.0 Å². The van der Waals surface area contributed by atoms with Gasteiger partial charge < -0.3 is 10.1 Å². The molecule has 3 nitrogen and oxygen atoms in total. The van der Waals surface area contributed by atoms with Crippen LogP contribution in [0.15, 0.2) is 18.2 Å². The van der Waals surface area contributed by atoms with E-state index >= 15 is 0 Å². The minimum Gasteiger partial charge on any atom is -0.466 e. The van der Waals surface area contributed by atoms with Gasteiger partial charge >= 0.3 is 5.97 Å². The third-order valence-corrected chi connectivity index (χ3v) is 3.16. The summed E-state index contributed by atoms with van der Waals surface area (Å²) in [7, 11) is 0. The van der Waals surface area contributed by atoms with Crippen molar-refractivity contribution >= 4 is 34.9 Å². The summed E-state index contributed by atoms with van der Waals surface area (Å²) in [5, 5.41) is 4.50. The van der Waals surface area contributed by atoms with Crippen LogP contribution in [0.5, 0.6) is 0 Å². The fourth-order valence-electron chi connectivity index (χ4n) is 1.66. The lowest BCUT2D eigenvalue weighted by Gasteiger charge is -2.08. The van der Waals surface area contributed by atoms with Crippen LogP contribution in [-0.2, 0) is 9.53 Å². The van der Waals surface area contributed by atoms with Gasteiger partial charge in [0.25, 0.3) is 0 Å². The maximum Gasteiger partial charge on any atom is 0.305 e. The highest BCUT2D eigenvalue weighted by Gasteiger charge is 2.02. The van der Waals surface area contributed by atoms with Gasteiger partial charge in [0.2, 0.25) is 0 Å². The summed E-state index contributed by atoms with van der Waals surface area (Å²) in [4.78, 5) is 11.1. The maximum absolute atomic E-state index is 11.1. The first-order chi connectivity index (χ1) is 9.13. The van der Waals surface area contributed by atoms with E-state index in [2.05, 4.69) is 5.32 Å². The van der Waals surface area contributed by atoms with Crippen LogP contribution in [0.1, 0.15) is 32.6 Å². The SMILES string of the molecule is CCOC(=O)CCCCCNc1ccc(Cl)cc1Cl. The number of unbranched alkanes of at least 4 members (excludes halogenated alkanes) is 2. The summed E-state index contributed by atoms with van der Waals surface area (Å²) in [5.41, 5.74) is 0.886. The lowest BCUT2D eigenvalue weighted by molar-refractivity contribution is -0.143. The standard InChI is InChI=1S/C14H19Cl2NO2/c1-2-19-14(18)6-4-3-5-9-17-13-8-7-11(15)10-12(13)16/h7-8,10,17H,2-6,9H2,1H3. The Morgan fingerprint density at radius 1 is 1.26 bits per heavy atom. The van der Waals surface area contributed by atoms with Crippen molar-refractivity contribution in [1.82, 2.24) is 0 Å². The highest BCUT2D eigenvalue weighted by atomic mass is 35.5. The van der Waals surface area contributed by atoms with E-state index in [0.29, 0.717) is 23.1 Å². The first kappa shape index (κ1) is 16.1. The number of benzene rings is 1. The molecule has 0 radical (unpaired) electrons. The first-order valence-corrected chi connectivity index (χ1v) is 7.23. The molecule has 1 aromatic rings. The average Bonchev–Trinajstić information content (AvgIpc) is 2.36. The predicted molar refractivity (Wildman–Crippen MR) is 80.1 cm³/mol. The second-order valence-corrected chi connectivity index (χ2v) is 5.01. The molecule has 0 aromatic heterocycles. The van der Waals surface area contributed by atoms with Crippen molar-refractivity contribution in [3.05, 3.63) is 28.2 Å². The number of hydrogen-bond donors (Lipinski definition) is 1. The Balaban J connectivity index is 2.12. The summed E-state index contributed by atoms with van der Waals surface area (Å²) >= 11 is 11.9. The molecule has 0 saturated heterocycles. The molecule has 0 bridgehead atoms. The molecule has 0 heterocycles. The summed E-state index contributed by atoms with van der Waals surface area (Å²) in [6.45, 7) is 3.09. The van der Waals surface area contributed by atoms with E-state index in [0.717, 1.165) is 31.5 Å². The average molecular weight is 304 g/mol. The molecular formula is C14H19Cl2NO2. The van der Waals surface area contributed by atoms with E-state index in [-0.39, 0.29) is 5.97 Å². The topological polar surface area (TPSA) is 38.3 Å². The molecule has 0 fully saturated rings. The van der Waals surface area contributed by atoms with Crippen molar-refractivity contribution in [1.29, 1.82) is 0 Å². The number of carbonyl (C=O) groups is 1. The van der Waals surface area contributed by atoms with Gasteiger partial charge in [-0.25, -0.2) is 0 Å². The van der Waals surface area contributed by atoms with Crippen LogP contribution in [0.4, 0.5) is 5.69 Å². The molecule has 1 N–H and O–H groups in total. The Bertz CT molecular complexity index is 410. The molecule has 0 atom stereocenters. The molecule has 19 heavy (non-hydrogen) atoms. The van der Waals surface area contributed by atoms with Crippen LogP contribution in [0.25, 0.3) is 0 Å². The van der Waals surface area contributed by atoms with Crippen molar-refractivity contribution in [2.75, 3.05) is 18.5 Å². The van der Waals surface area contributed by atoms with E-state index in [9.17, 15) is 4.79 Å². The quantitative estimate of drug-likeness (QED) is 0.566. The Hall–Kier alpha value is -0.930. The van der Waals surface area contributed by atoms with Crippen molar-refractivity contribution < 1.29 is 9.53 Å². The molecule has 1 aromatic carbocycles. The van der Waals surface area contributed by atoms with Crippen LogP contribution >= 0.6 is 23.2 Å². The zero-order valence-corrected chi connectivity index (χ0v) is 12.6. The van der Waals surface area contributed by atoms with Gasteiger partial charge in [-0.05, 0) is 38.0 Å². The van der Waals surface area contributed by atoms with E-state index in [1.54, 1.807) is 12.1 Å². The van der Waals surface area contributed by atoms with Gasteiger partial charge in [-0.15, -0.1) is 0 Å². The Labute approximate surface area is 124 Å². The first-order valence-electron chi connectivity index (χ1n) is 6.48. The Morgan fingerprint density at radius 2 is 2.05 bits per heavy atom. The zero-order valence-electron chi connectivity index (χ0n) is 11.0. The highest BCUT2D eigenvalue weighted by molar-refractivity contribution is 6.36. The molecule has 0 unspecified atom stereocenters. The minimum absolute atomic E-state index is 0.115. The fraction of sp³-hybridized carbons (Fsp3) is 0.500. The summed E-state index contributed by atoms with van der Waals surface area (Å²) in [5.74, 6) is -0.115. The van der Waals surface area contributed by atoms with Gasteiger partial charge in [-0.3, -0.25) is 4.79 Å². The lowest BCUT2D eigenvalue weighted by Crippen LogP contribution is -2.05. The number of nitrogens with one attached hydrogen (secondary N) is 1. The van der Waals surface area contributed by atoms with Gasteiger partial charge in [0.1, 0.15) is 0 Å². The molecule has 1 rings (SSSR count). The number of carbonyl (C=O) groups excluding carboxylic acids is 1. The summed E-state index contributed by atoms with van der Waals surface area (Å²) < 4.78 is 4.86. The number of ether oxygens (including phenoxy) is 1. The zero-order chi connectivity index (χ0) is 14.1. The van der Waals surface area contributed by atoms with Crippen LogP contribution in [0.3, 0.4) is 0 Å². The maximum atomic E-state index is 11.1. The summed E-state index contributed by atoms with van der Waals surface area (Å²) in [6.07, 6.45) is 3.32. The highest BCUT2D eigenvalue weighted by Crippen LogP contribution is 2.25. The number of rotatable bonds is 8.